The molecule has 0 saturated heterocycles. The molecule has 0 aliphatic carbocycles. The van der Waals surface area contributed by atoms with Crippen molar-refractivity contribution >= 4 is 17.8 Å². The van der Waals surface area contributed by atoms with E-state index < -0.39 is 25.1 Å². The molecule has 164 valence electrons. The molecule has 8 nitrogen and oxygen atoms in total. The monoisotopic (exact) mass is 402 g/mol. The highest BCUT2D eigenvalue weighted by Gasteiger charge is 2.16. The standard InChI is InChI=1S/C20H38N2O6/c1-3-5-6-7-8-9-10-11-12-13-18(23)21(4-2)14-15-22(16-19(24)25)28-17-20(26)27/h3-17H2,1-2H3,(H,24,25)(H,26,27). The smallest absolute Gasteiger partial charge is 0.331 e. The van der Waals surface area contributed by atoms with Gasteiger partial charge in [-0.05, 0) is 13.3 Å². The maximum Gasteiger partial charge on any atom is 0.331 e. The molecule has 0 aromatic heterocycles. The summed E-state index contributed by atoms with van der Waals surface area (Å²) < 4.78 is 0. The average Bonchev–Trinajstić information content (AvgIpc) is 2.64. The van der Waals surface area contributed by atoms with E-state index in [4.69, 9.17) is 15.1 Å². The van der Waals surface area contributed by atoms with E-state index >= 15 is 0 Å². The van der Waals surface area contributed by atoms with Crippen molar-refractivity contribution < 1.29 is 29.4 Å². The van der Waals surface area contributed by atoms with Gasteiger partial charge in [-0.3, -0.25) is 14.4 Å². The highest BCUT2D eigenvalue weighted by molar-refractivity contribution is 5.76. The van der Waals surface area contributed by atoms with E-state index in [1.807, 2.05) is 6.92 Å². The second-order valence-corrected chi connectivity index (χ2v) is 6.98. The zero-order valence-corrected chi connectivity index (χ0v) is 17.5. The molecule has 0 fully saturated rings. The molecule has 0 unspecified atom stereocenters. The molecular formula is C20H38N2O6. The minimum Gasteiger partial charge on any atom is -0.480 e. The van der Waals surface area contributed by atoms with Crippen LogP contribution in [0.5, 0.6) is 0 Å². The predicted molar refractivity (Wildman–Crippen MR) is 107 cm³/mol. The number of likely N-dealkylation sites (N-methyl/N-ethyl adjacent to an activating group) is 1. The molecule has 0 radical (unpaired) electrons. The number of hydrogen-bond acceptors (Lipinski definition) is 5. The molecule has 2 N–H and O–H groups in total. The van der Waals surface area contributed by atoms with Crippen molar-refractivity contribution in [3.8, 4) is 0 Å². The highest BCUT2D eigenvalue weighted by atomic mass is 16.7. The third-order valence-corrected chi connectivity index (χ3v) is 4.53. The van der Waals surface area contributed by atoms with E-state index in [0.717, 1.165) is 24.3 Å². The zero-order valence-electron chi connectivity index (χ0n) is 17.5. The van der Waals surface area contributed by atoms with E-state index in [2.05, 4.69) is 6.92 Å². The van der Waals surface area contributed by atoms with Crippen LogP contribution >= 0.6 is 0 Å². The van der Waals surface area contributed by atoms with Gasteiger partial charge >= 0.3 is 11.9 Å². The normalized spacial score (nSPS) is 11.0. The van der Waals surface area contributed by atoms with Gasteiger partial charge in [0.15, 0.2) is 6.61 Å². The van der Waals surface area contributed by atoms with Crippen molar-refractivity contribution in [3.63, 3.8) is 0 Å². The Kier molecular flexibility index (Phi) is 16.4. The first-order valence-electron chi connectivity index (χ1n) is 10.5. The summed E-state index contributed by atoms with van der Waals surface area (Å²) >= 11 is 0. The van der Waals surface area contributed by atoms with Gasteiger partial charge in [0.05, 0.1) is 0 Å². The lowest BCUT2D eigenvalue weighted by Crippen LogP contribution is -2.41. The Hall–Kier alpha value is -1.67. The lowest BCUT2D eigenvalue weighted by Gasteiger charge is -2.25. The average molecular weight is 403 g/mol. The fourth-order valence-electron chi connectivity index (χ4n) is 2.92. The molecule has 1 amide bonds. The Morgan fingerprint density at radius 1 is 0.786 bits per heavy atom. The van der Waals surface area contributed by atoms with E-state index in [1.54, 1.807) is 4.90 Å². The first-order valence-corrected chi connectivity index (χ1v) is 10.5. The van der Waals surface area contributed by atoms with Crippen LogP contribution in [-0.4, -0.2) is 70.8 Å². The second-order valence-electron chi connectivity index (χ2n) is 6.98. The van der Waals surface area contributed by atoms with Crippen LogP contribution in [0.1, 0.15) is 78.1 Å². The topological polar surface area (TPSA) is 107 Å². The van der Waals surface area contributed by atoms with Crippen LogP contribution < -0.4 is 0 Å². The number of hydroxylamine groups is 2. The van der Waals surface area contributed by atoms with E-state index in [0.29, 0.717) is 19.5 Å². The van der Waals surface area contributed by atoms with Crippen molar-refractivity contribution in [2.75, 3.05) is 32.8 Å². The fourth-order valence-corrected chi connectivity index (χ4v) is 2.92. The van der Waals surface area contributed by atoms with Gasteiger partial charge in [0, 0.05) is 26.1 Å². The Bertz CT molecular complexity index is 444. The first kappa shape index (κ1) is 26.3. The van der Waals surface area contributed by atoms with E-state index in [9.17, 15) is 14.4 Å². The van der Waals surface area contributed by atoms with Crippen LogP contribution in [0.25, 0.3) is 0 Å². The third kappa shape index (κ3) is 15.4. The summed E-state index contributed by atoms with van der Waals surface area (Å²) in [5, 5.41) is 18.6. The number of carbonyl (C=O) groups is 3. The van der Waals surface area contributed by atoms with Gasteiger partial charge in [-0.25, -0.2) is 4.79 Å². The van der Waals surface area contributed by atoms with Crippen molar-refractivity contribution in [2.24, 2.45) is 0 Å². The SMILES string of the molecule is CCCCCCCCCCCC(=O)N(CC)CCN(CC(=O)O)OCC(=O)O. The van der Waals surface area contributed by atoms with Gasteiger partial charge in [-0.1, -0.05) is 58.3 Å². The molecule has 0 atom stereocenters. The molecule has 0 aromatic carbocycles. The second kappa shape index (κ2) is 17.4. The van der Waals surface area contributed by atoms with Gasteiger partial charge in [0.25, 0.3) is 0 Å². The Balaban J connectivity index is 4.05. The van der Waals surface area contributed by atoms with Crippen LogP contribution in [0.4, 0.5) is 0 Å². The van der Waals surface area contributed by atoms with Gasteiger partial charge in [-0.2, -0.15) is 5.06 Å². The number of unbranched alkanes of at least 4 members (excludes halogenated alkanes) is 8. The fraction of sp³-hybridized carbons (Fsp3) is 0.850. The Labute approximate surface area is 168 Å². The van der Waals surface area contributed by atoms with Crippen LogP contribution in [-0.2, 0) is 19.2 Å². The molecular weight excluding hydrogens is 364 g/mol. The number of hydrogen-bond donors (Lipinski definition) is 2. The summed E-state index contributed by atoms with van der Waals surface area (Å²) in [6, 6.07) is 0. The van der Waals surface area contributed by atoms with Crippen molar-refractivity contribution in [1.82, 2.24) is 9.96 Å². The maximum atomic E-state index is 12.3. The van der Waals surface area contributed by atoms with Crippen LogP contribution in [0, 0.1) is 0 Å². The largest absolute Gasteiger partial charge is 0.480 e. The first-order chi connectivity index (χ1) is 13.4. The van der Waals surface area contributed by atoms with Crippen LogP contribution in [0.15, 0.2) is 0 Å². The zero-order chi connectivity index (χ0) is 21.2. The number of carboxylic acid groups (broad SMARTS) is 2. The van der Waals surface area contributed by atoms with Gasteiger partial charge in [0.2, 0.25) is 5.91 Å². The number of carbonyl (C=O) groups excluding carboxylic acids is 1. The number of amides is 1. The van der Waals surface area contributed by atoms with Crippen molar-refractivity contribution in [2.45, 2.75) is 78.1 Å². The number of carboxylic acids is 2. The van der Waals surface area contributed by atoms with Gasteiger partial charge in [-0.15, -0.1) is 0 Å². The van der Waals surface area contributed by atoms with Crippen molar-refractivity contribution in [3.05, 3.63) is 0 Å². The summed E-state index contributed by atoms with van der Waals surface area (Å²) in [6.07, 6.45) is 11.2. The summed E-state index contributed by atoms with van der Waals surface area (Å²) in [7, 11) is 0. The van der Waals surface area contributed by atoms with Gasteiger partial charge in [0.1, 0.15) is 6.54 Å². The summed E-state index contributed by atoms with van der Waals surface area (Å²) in [5.41, 5.74) is 0. The molecule has 8 heteroatoms. The minimum atomic E-state index is -1.18. The summed E-state index contributed by atoms with van der Waals surface area (Å²) in [5.74, 6) is -2.25. The number of aliphatic carboxylic acids is 2. The van der Waals surface area contributed by atoms with Gasteiger partial charge < -0.3 is 15.1 Å². The van der Waals surface area contributed by atoms with E-state index in [1.165, 1.54) is 38.5 Å². The molecule has 0 rings (SSSR count). The number of rotatable bonds is 19. The summed E-state index contributed by atoms with van der Waals surface area (Å²) in [4.78, 5) is 40.4. The molecule has 0 aliphatic heterocycles. The number of nitrogens with zero attached hydrogens (tertiary/aromatic N) is 2. The summed E-state index contributed by atoms with van der Waals surface area (Å²) in [6.45, 7) is 4.02. The Morgan fingerprint density at radius 3 is 1.86 bits per heavy atom. The predicted octanol–water partition coefficient (Wildman–Crippen LogP) is 3.16. The minimum absolute atomic E-state index is 0.0407. The van der Waals surface area contributed by atoms with Crippen LogP contribution in [0.3, 0.4) is 0 Å². The molecule has 0 aliphatic rings. The highest BCUT2D eigenvalue weighted by Crippen LogP contribution is 2.11. The lowest BCUT2D eigenvalue weighted by atomic mass is 10.1. The quantitative estimate of drug-likeness (QED) is 0.252. The molecule has 0 saturated carbocycles. The molecule has 0 spiro atoms. The Morgan fingerprint density at radius 2 is 1.36 bits per heavy atom. The maximum absolute atomic E-state index is 12.3. The van der Waals surface area contributed by atoms with E-state index in [-0.39, 0.29) is 12.5 Å². The van der Waals surface area contributed by atoms with Crippen molar-refractivity contribution in [1.29, 1.82) is 0 Å². The molecule has 0 bridgehead atoms. The van der Waals surface area contributed by atoms with Crippen LogP contribution in [0.2, 0.25) is 0 Å². The third-order valence-electron chi connectivity index (χ3n) is 4.53. The molecule has 28 heavy (non-hydrogen) atoms. The molecule has 0 heterocycles. The molecule has 0 aromatic rings. The lowest BCUT2D eigenvalue weighted by molar-refractivity contribution is -0.189.